The van der Waals surface area contributed by atoms with Crippen LogP contribution in [-0.2, 0) is 47.7 Å². The van der Waals surface area contributed by atoms with Gasteiger partial charge in [-0.3, -0.25) is 38.7 Å². The van der Waals surface area contributed by atoms with Gasteiger partial charge in [0.05, 0.1) is 52.7 Å². The zero-order valence-corrected chi connectivity index (χ0v) is 26.5. The molecule has 0 aromatic rings. The van der Waals surface area contributed by atoms with Crippen LogP contribution in [0.3, 0.4) is 0 Å². The molecule has 2 unspecified atom stereocenters. The average Bonchev–Trinajstić information content (AvgIpc) is 2.94. The monoisotopic (exact) mass is 613 g/mol. The first-order chi connectivity index (χ1) is 20.6. The zero-order valence-electron chi connectivity index (χ0n) is 26.5. The molecule has 13 heteroatoms. The van der Waals surface area contributed by atoms with E-state index < -0.39 is 41.9 Å². The number of esters is 5. The first-order valence-electron chi connectivity index (χ1n) is 14.8. The van der Waals surface area contributed by atoms with Gasteiger partial charge in [-0.25, -0.2) is 0 Å². The highest BCUT2D eigenvalue weighted by Gasteiger charge is 2.32. The number of nitrogens with zero attached hydrogens (tertiary/aromatic N) is 3. The van der Waals surface area contributed by atoms with Crippen molar-refractivity contribution in [2.75, 3.05) is 78.8 Å². The van der Waals surface area contributed by atoms with E-state index in [2.05, 4.69) is 13.2 Å². The summed E-state index contributed by atoms with van der Waals surface area (Å²) in [7, 11) is 0. The van der Waals surface area contributed by atoms with Gasteiger partial charge in [0.25, 0.3) is 0 Å². The molecule has 0 fully saturated rings. The van der Waals surface area contributed by atoms with Crippen molar-refractivity contribution in [2.24, 2.45) is 0 Å². The van der Waals surface area contributed by atoms with Crippen LogP contribution >= 0.6 is 0 Å². The van der Waals surface area contributed by atoms with Crippen LogP contribution < -0.4 is 0 Å². The normalized spacial score (nSPS) is 12.4. The van der Waals surface area contributed by atoms with Gasteiger partial charge in [0.1, 0.15) is 12.1 Å². The summed E-state index contributed by atoms with van der Waals surface area (Å²) in [5.74, 6) is -2.52. The molecule has 0 aliphatic rings. The third-order valence-electron chi connectivity index (χ3n) is 6.11. The second kappa shape index (κ2) is 24.2. The standard InChI is InChI=1S/C30H51N3O10/c1-8-15-24(29(37)42-13-6)32(18-17-31(21-26(34)39-10-3)22-27(35)40-11-4)19-20-33(23-28(36)41-12-5)25(16-9-2)30(38)43-14-7/h8-9,24-25H,1-2,10-23H2,3-7H3. The van der Waals surface area contributed by atoms with Crippen molar-refractivity contribution in [3.05, 3.63) is 25.3 Å². The number of rotatable bonds is 25. The Bertz CT molecular complexity index is 862. The lowest BCUT2D eigenvalue weighted by atomic mass is 10.1. The smallest absolute Gasteiger partial charge is 0.323 e. The number of hydrogen-bond acceptors (Lipinski definition) is 13. The fraction of sp³-hybridized carbons (Fsp3) is 0.700. The summed E-state index contributed by atoms with van der Waals surface area (Å²) in [5, 5.41) is 0. The summed E-state index contributed by atoms with van der Waals surface area (Å²) in [5.41, 5.74) is 0. The van der Waals surface area contributed by atoms with Crippen molar-refractivity contribution in [2.45, 2.75) is 59.5 Å². The maximum absolute atomic E-state index is 13.0. The summed E-state index contributed by atoms with van der Waals surface area (Å²) in [4.78, 5) is 68.0. The molecule has 0 rings (SSSR count). The molecule has 0 aliphatic heterocycles. The molecule has 0 aliphatic carbocycles. The quantitative estimate of drug-likeness (QED) is 0.0837. The van der Waals surface area contributed by atoms with Crippen LogP contribution in [0.15, 0.2) is 25.3 Å². The highest BCUT2D eigenvalue weighted by molar-refractivity contribution is 5.78. The minimum Gasteiger partial charge on any atom is -0.465 e. The lowest BCUT2D eigenvalue weighted by Gasteiger charge is -2.35. The van der Waals surface area contributed by atoms with Gasteiger partial charge in [-0.1, -0.05) is 12.2 Å². The van der Waals surface area contributed by atoms with Crippen LogP contribution in [0.5, 0.6) is 0 Å². The molecule has 0 aromatic carbocycles. The number of hydrogen-bond donors (Lipinski definition) is 0. The first kappa shape index (κ1) is 39.7. The third kappa shape index (κ3) is 16.8. The van der Waals surface area contributed by atoms with Crippen molar-refractivity contribution in [1.29, 1.82) is 0 Å². The molecule has 0 N–H and O–H groups in total. The van der Waals surface area contributed by atoms with Crippen molar-refractivity contribution in [1.82, 2.24) is 14.7 Å². The van der Waals surface area contributed by atoms with Gasteiger partial charge in [-0.2, -0.15) is 0 Å². The van der Waals surface area contributed by atoms with Crippen molar-refractivity contribution in [3.63, 3.8) is 0 Å². The van der Waals surface area contributed by atoms with Gasteiger partial charge in [0, 0.05) is 26.2 Å². The van der Waals surface area contributed by atoms with Crippen molar-refractivity contribution in [3.8, 4) is 0 Å². The predicted octanol–water partition coefficient (Wildman–Crippen LogP) is 1.60. The van der Waals surface area contributed by atoms with Gasteiger partial charge in [-0.15, -0.1) is 13.2 Å². The largest absolute Gasteiger partial charge is 0.465 e. The van der Waals surface area contributed by atoms with Crippen LogP contribution in [0.2, 0.25) is 0 Å². The minimum absolute atomic E-state index is 0.160. The Labute approximate surface area is 256 Å². The molecule has 0 saturated carbocycles. The summed E-state index contributed by atoms with van der Waals surface area (Å²) in [6.07, 6.45) is 3.64. The Balaban J connectivity index is 6.28. The summed E-state index contributed by atoms with van der Waals surface area (Å²) < 4.78 is 25.9. The Kier molecular flexibility index (Phi) is 22.3. The maximum Gasteiger partial charge on any atom is 0.323 e. The van der Waals surface area contributed by atoms with Gasteiger partial charge in [-0.05, 0) is 47.5 Å². The summed E-state index contributed by atoms with van der Waals surface area (Å²) in [6.45, 7) is 17.1. The summed E-state index contributed by atoms with van der Waals surface area (Å²) >= 11 is 0. The molecule has 246 valence electrons. The topological polar surface area (TPSA) is 141 Å². The van der Waals surface area contributed by atoms with Crippen molar-refractivity contribution < 1.29 is 47.7 Å². The second-order valence-corrected chi connectivity index (χ2v) is 9.22. The lowest BCUT2D eigenvalue weighted by molar-refractivity contribution is -0.154. The maximum atomic E-state index is 13.0. The molecule has 0 heterocycles. The number of ether oxygens (including phenoxy) is 5. The van der Waals surface area contributed by atoms with Gasteiger partial charge in [0.2, 0.25) is 0 Å². The second-order valence-electron chi connectivity index (χ2n) is 9.22. The molecule has 43 heavy (non-hydrogen) atoms. The molecule has 2 atom stereocenters. The summed E-state index contributed by atoms with van der Waals surface area (Å²) in [6, 6.07) is -1.57. The molecular weight excluding hydrogens is 562 g/mol. The van der Waals surface area contributed by atoms with E-state index in [1.807, 2.05) is 4.90 Å². The van der Waals surface area contributed by atoms with Gasteiger partial charge >= 0.3 is 29.8 Å². The molecule has 0 radical (unpaired) electrons. The van der Waals surface area contributed by atoms with Crippen LogP contribution in [0, 0.1) is 0 Å². The van der Waals surface area contributed by atoms with E-state index in [0.717, 1.165) is 0 Å². The van der Waals surface area contributed by atoms with E-state index in [4.69, 9.17) is 23.7 Å². The fourth-order valence-electron chi connectivity index (χ4n) is 4.24. The Morgan fingerprint density at radius 3 is 1.28 bits per heavy atom. The Morgan fingerprint density at radius 1 is 0.535 bits per heavy atom. The number of carbonyl (C=O) groups excluding carboxylic acids is 5. The molecular formula is C30H51N3O10. The van der Waals surface area contributed by atoms with E-state index in [0.29, 0.717) is 0 Å². The Hall–Kier alpha value is -3.29. The molecule has 13 nitrogen and oxygen atoms in total. The third-order valence-corrected chi connectivity index (χ3v) is 6.11. The van der Waals surface area contributed by atoms with Crippen molar-refractivity contribution >= 4 is 29.8 Å². The molecule has 0 aromatic heterocycles. The molecule has 0 saturated heterocycles. The van der Waals surface area contributed by atoms with Gasteiger partial charge < -0.3 is 23.7 Å². The van der Waals surface area contributed by atoms with Crippen LogP contribution in [0.4, 0.5) is 0 Å². The van der Waals surface area contributed by atoms with E-state index >= 15 is 0 Å². The Morgan fingerprint density at radius 2 is 0.884 bits per heavy atom. The van der Waals surface area contributed by atoms with E-state index in [9.17, 15) is 24.0 Å². The SMILES string of the molecule is C=CCC(C(=O)OCC)N(CCN(CC(=O)OCC)CC(=O)OCC)CCN(CC(=O)OCC)C(CC=C)C(=O)OCC. The fourth-order valence-corrected chi connectivity index (χ4v) is 4.24. The highest BCUT2D eigenvalue weighted by Crippen LogP contribution is 2.13. The van der Waals surface area contributed by atoms with Crippen LogP contribution in [0.1, 0.15) is 47.5 Å². The van der Waals surface area contributed by atoms with E-state index in [1.54, 1.807) is 56.6 Å². The van der Waals surface area contributed by atoms with Gasteiger partial charge in [0.15, 0.2) is 0 Å². The molecule has 0 amide bonds. The van der Waals surface area contributed by atoms with E-state index in [-0.39, 0.29) is 91.7 Å². The molecule has 0 bridgehead atoms. The zero-order chi connectivity index (χ0) is 32.6. The predicted molar refractivity (Wildman–Crippen MR) is 160 cm³/mol. The number of carbonyl (C=O) groups is 5. The van der Waals surface area contributed by atoms with Crippen LogP contribution in [0.25, 0.3) is 0 Å². The molecule has 0 spiro atoms. The van der Waals surface area contributed by atoms with E-state index in [1.165, 1.54) is 0 Å². The van der Waals surface area contributed by atoms with Crippen LogP contribution in [-0.4, -0.2) is 135 Å². The average molecular weight is 614 g/mol. The highest BCUT2D eigenvalue weighted by atomic mass is 16.5. The first-order valence-corrected chi connectivity index (χ1v) is 14.8. The lowest BCUT2D eigenvalue weighted by Crippen LogP contribution is -2.52. The minimum atomic E-state index is -0.812.